The van der Waals surface area contributed by atoms with Crippen molar-refractivity contribution >= 4 is 39.0 Å². The van der Waals surface area contributed by atoms with Gasteiger partial charge in [-0.3, -0.25) is 10.1 Å². The third kappa shape index (κ3) is 3.38. The molecule has 2 N–H and O–H groups in total. The number of nitrogens with one attached hydrogen (secondary N) is 1. The van der Waals surface area contributed by atoms with Gasteiger partial charge in [-0.2, -0.15) is 0 Å². The summed E-state index contributed by atoms with van der Waals surface area (Å²) in [6.45, 7) is 1.90. The molecular weight excluding hydrogens is 340 g/mol. The van der Waals surface area contributed by atoms with E-state index in [0.29, 0.717) is 5.69 Å². The molecule has 6 nitrogen and oxygen atoms in total. The predicted molar refractivity (Wildman–Crippen MR) is 82.2 cm³/mol. The van der Waals surface area contributed by atoms with Crippen molar-refractivity contribution < 1.29 is 14.8 Å². The molecule has 0 fully saturated rings. The Balaban J connectivity index is 2.41. The molecule has 7 heteroatoms. The summed E-state index contributed by atoms with van der Waals surface area (Å²) in [6.07, 6.45) is 0. The molecule has 0 heterocycles. The number of carboxylic acids is 1. The Bertz CT molecular complexity index is 731. The van der Waals surface area contributed by atoms with Crippen LogP contribution in [0.1, 0.15) is 15.9 Å². The van der Waals surface area contributed by atoms with Crippen LogP contribution in [0.25, 0.3) is 0 Å². The number of benzene rings is 2. The molecule has 0 unspecified atom stereocenters. The molecule has 108 valence electrons. The van der Waals surface area contributed by atoms with Crippen molar-refractivity contribution in [1.29, 1.82) is 0 Å². The minimum absolute atomic E-state index is 0.337. The molecule has 0 aliphatic rings. The normalized spacial score (nSPS) is 10.2. The highest BCUT2D eigenvalue weighted by atomic mass is 79.9. The number of nitrogens with zero attached hydrogens (tertiary/aromatic N) is 1. The van der Waals surface area contributed by atoms with Gasteiger partial charge in [-0.1, -0.05) is 22.0 Å². The van der Waals surface area contributed by atoms with Gasteiger partial charge in [0, 0.05) is 21.9 Å². The largest absolute Gasteiger partial charge is 0.477 e. The van der Waals surface area contributed by atoms with E-state index in [1.807, 2.05) is 25.1 Å². The Morgan fingerprint density at radius 3 is 2.62 bits per heavy atom. The van der Waals surface area contributed by atoms with Gasteiger partial charge < -0.3 is 10.4 Å². The second-order valence-corrected chi connectivity index (χ2v) is 5.29. The number of anilines is 2. The highest BCUT2D eigenvalue weighted by Crippen LogP contribution is 2.28. The smallest absolute Gasteiger partial charge is 0.342 e. The van der Waals surface area contributed by atoms with Crippen LogP contribution in [0, 0.1) is 17.0 Å². The van der Waals surface area contributed by atoms with Crippen molar-refractivity contribution in [2.24, 2.45) is 0 Å². The van der Waals surface area contributed by atoms with Gasteiger partial charge >= 0.3 is 5.97 Å². The van der Waals surface area contributed by atoms with E-state index in [1.54, 1.807) is 0 Å². The average molecular weight is 351 g/mol. The first-order chi connectivity index (χ1) is 9.88. The topological polar surface area (TPSA) is 92.5 Å². The Morgan fingerprint density at radius 2 is 2.00 bits per heavy atom. The maximum absolute atomic E-state index is 11.0. The summed E-state index contributed by atoms with van der Waals surface area (Å²) in [5, 5.41) is 23.0. The zero-order valence-electron chi connectivity index (χ0n) is 11.0. The first-order valence-corrected chi connectivity index (χ1v) is 6.72. The van der Waals surface area contributed by atoms with E-state index in [1.165, 1.54) is 18.2 Å². The maximum atomic E-state index is 11.0. The fraction of sp³-hybridized carbons (Fsp3) is 0.0714. The lowest BCUT2D eigenvalue weighted by molar-refractivity contribution is -0.385. The fourth-order valence-electron chi connectivity index (χ4n) is 1.83. The first-order valence-electron chi connectivity index (χ1n) is 5.93. The lowest BCUT2D eigenvalue weighted by atomic mass is 10.1. The van der Waals surface area contributed by atoms with Crippen LogP contribution in [0.5, 0.6) is 0 Å². The number of hydrogen-bond acceptors (Lipinski definition) is 4. The van der Waals surface area contributed by atoms with E-state index in [-0.39, 0.29) is 5.56 Å². The van der Waals surface area contributed by atoms with Crippen LogP contribution >= 0.6 is 15.9 Å². The number of nitro benzene ring substituents is 1. The van der Waals surface area contributed by atoms with Gasteiger partial charge in [-0.25, -0.2) is 4.79 Å². The van der Waals surface area contributed by atoms with Crippen molar-refractivity contribution in [3.05, 3.63) is 62.1 Å². The molecular formula is C14H11BrN2O4. The summed E-state index contributed by atoms with van der Waals surface area (Å²) < 4.78 is 0.868. The summed E-state index contributed by atoms with van der Waals surface area (Å²) in [5.74, 6) is -1.33. The van der Waals surface area contributed by atoms with Crippen LogP contribution in [0.15, 0.2) is 40.9 Å². The SMILES string of the molecule is Cc1ccc(Br)cc1Nc1ccc(C(=O)O)c([N+](=O)[O-])c1. The summed E-state index contributed by atoms with van der Waals surface area (Å²) in [4.78, 5) is 21.2. The quantitative estimate of drug-likeness (QED) is 0.639. The molecule has 2 aromatic carbocycles. The van der Waals surface area contributed by atoms with Gasteiger partial charge in [-0.15, -0.1) is 0 Å². The number of aryl methyl sites for hydroxylation is 1. The zero-order valence-corrected chi connectivity index (χ0v) is 12.5. The van der Waals surface area contributed by atoms with Crippen LogP contribution < -0.4 is 5.32 Å². The second-order valence-electron chi connectivity index (χ2n) is 4.38. The fourth-order valence-corrected chi connectivity index (χ4v) is 2.19. The number of nitro groups is 1. The molecule has 2 rings (SSSR count). The lowest BCUT2D eigenvalue weighted by Crippen LogP contribution is -2.03. The molecule has 0 atom stereocenters. The Hall–Kier alpha value is -2.41. The van der Waals surface area contributed by atoms with Crippen LogP contribution in [-0.2, 0) is 0 Å². The molecule has 21 heavy (non-hydrogen) atoms. The Morgan fingerprint density at radius 1 is 1.29 bits per heavy atom. The van der Waals surface area contributed by atoms with Gasteiger partial charge in [0.15, 0.2) is 0 Å². The van der Waals surface area contributed by atoms with Crippen LogP contribution in [0.3, 0.4) is 0 Å². The first kappa shape index (κ1) is 15.0. The highest BCUT2D eigenvalue weighted by molar-refractivity contribution is 9.10. The third-order valence-corrected chi connectivity index (χ3v) is 3.40. The van der Waals surface area contributed by atoms with E-state index in [0.717, 1.165) is 15.7 Å². The van der Waals surface area contributed by atoms with Crippen molar-refractivity contribution in [3.63, 3.8) is 0 Å². The van der Waals surface area contributed by atoms with Crippen molar-refractivity contribution in [2.75, 3.05) is 5.32 Å². The van der Waals surface area contributed by atoms with Gasteiger partial charge in [0.25, 0.3) is 5.69 Å². The number of carbonyl (C=O) groups is 1. The lowest BCUT2D eigenvalue weighted by Gasteiger charge is -2.10. The van der Waals surface area contributed by atoms with E-state index < -0.39 is 16.6 Å². The average Bonchev–Trinajstić information content (AvgIpc) is 2.42. The third-order valence-electron chi connectivity index (χ3n) is 2.90. The van der Waals surface area contributed by atoms with Crippen molar-refractivity contribution in [2.45, 2.75) is 6.92 Å². The van der Waals surface area contributed by atoms with Crippen LogP contribution in [0.4, 0.5) is 17.1 Å². The standard InChI is InChI=1S/C14H11BrN2O4/c1-8-2-3-9(15)6-12(8)16-10-4-5-11(14(18)19)13(7-10)17(20)21/h2-7,16H,1H3,(H,18,19). The molecule has 0 saturated carbocycles. The highest BCUT2D eigenvalue weighted by Gasteiger charge is 2.20. The van der Waals surface area contributed by atoms with E-state index in [9.17, 15) is 14.9 Å². The monoisotopic (exact) mass is 350 g/mol. The van der Waals surface area contributed by atoms with Crippen molar-refractivity contribution in [3.8, 4) is 0 Å². The molecule has 0 radical (unpaired) electrons. The van der Waals surface area contributed by atoms with Gasteiger partial charge in [0.2, 0.25) is 0 Å². The summed E-state index contributed by atoms with van der Waals surface area (Å²) in [6, 6.07) is 9.55. The molecule has 0 spiro atoms. The molecule has 0 saturated heterocycles. The molecule has 0 amide bonds. The van der Waals surface area contributed by atoms with Gasteiger partial charge in [0.1, 0.15) is 5.56 Å². The van der Waals surface area contributed by atoms with Crippen LogP contribution in [0.2, 0.25) is 0 Å². The molecule has 0 aliphatic carbocycles. The van der Waals surface area contributed by atoms with Gasteiger partial charge in [0.05, 0.1) is 4.92 Å². The minimum Gasteiger partial charge on any atom is -0.477 e. The second kappa shape index (κ2) is 5.92. The molecule has 0 aliphatic heterocycles. The van der Waals surface area contributed by atoms with E-state index >= 15 is 0 Å². The zero-order chi connectivity index (χ0) is 15.6. The van der Waals surface area contributed by atoms with Gasteiger partial charge in [-0.05, 0) is 36.8 Å². The predicted octanol–water partition coefficient (Wildman–Crippen LogP) is 4.11. The number of carboxylic acid groups (broad SMARTS) is 1. The summed E-state index contributed by atoms with van der Waals surface area (Å²) >= 11 is 3.35. The number of halogens is 1. The van der Waals surface area contributed by atoms with Crippen molar-refractivity contribution in [1.82, 2.24) is 0 Å². The molecule has 0 bridgehead atoms. The Labute approximate surface area is 128 Å². The maximum Gasteiger partial charge on any atom is 0.342 e. The van der Waals surface area contributed by atoms with Crippen LogP contribution in [-0.4, -0.2) is 16.0 Å². The van der Waals surface area contributed by atoms with E-state index in [4.69, 9.17) is 5.11 Å². The van der Waals surface area contributed by atoms with E-state index in [2.05, 4.69) is 21.2 Å². The minimum atomic E-state index is -1.33. The number of hydrogen-bond donors (Lipinski definition) is 2. The summed E-state index contributed by atoms with van der Waals surface area (Å²) in [5.41, 5.74) is 1.41. The number of rotatable bonds is 4. The summed E-state index contributed by atoms with van der Waals surface area (Å²) in [7, 11) is 0. The molecule has 2 aromatic rings. The molecule has 0 aromatic heterocycles. The Kier molecular flexibility index (Phi) is 4.23. The number of aromatic carboxylic acids is 1.